The summed E-state index contributed by atoms with van der Waals surface area (Å²) in [5.41, 5.74) is 7.93. The number of hydrogen-bond acceptors (Lipinski definition) is 5. The monoisotopic (exact) mass is 595 g/mol. The predicted octanol–water partition coefficient (Wildman–Crippen LogP) is 5.78. The molecule has 2 heterocycles. The molecule has 0 aliphatic rings. The molecule has 8 nitrogen and oxygen atoms in total. The molecule has 2 atom stereocenters. The van der Waals surface area contributed by atoms with Crippen molar-refractivity contribution in [2.75, 3.05) is 13.1 Å². The topological polar surface area (TPSA) is 125 Å². The van der Waals surface area contributed by atoms with Crippen LogP contribution in [0.4, 0.5) is 8.78 Å². The van der Waals surface area contributed by atoms with Crippen LogP contribution in [0.15, 0.2) is 60.0 Å². The van der Waals surface area contributed by atoms with Crippen molar-refractivity contribution in [1.29, 1.82) is 5.41 Å². The Morgan fingerprint density at radius 2 is 2.02 bits per heavy atom. The number of nitrogens with one attached hydrogen (secondary N) is 4. The van der Waals surface area contributed by atoms with Crippen molar-refractivity contribution in [3.63, 3.8) is 0 Å². The van der Waals surface area contributed by atoms with Crippen LogP contribution in [0.5, 0.6) is 0 Å². The van der Waals surface area contributed by atoms with Gasteiger partial charge in [-0.2, -0.15) is 4.98 Å². The molecule has 11 heteroatoms. The summed E-state index contributed by atoms with van der Waals surface area (Å²) < 4.78 is 31.5. The Bertz CT molecular complexity index is 1650. The molecule has 222 valence electrons. The number of rotatable bonds is 13. The lowest BCUT2D eigenvalue weighted by Gasteiger charge is -2.16. The molecule has 4 rings (SSSR count). The summed E-state index contributed by atoms with van der Waals surface area (Å²) in [5.74, 6) is -0.623. The zero-order chi connectivity index (χ0) is 30.4. The molecule has 6 N–H and O–H groups in total. The lowest BCUT2D eigenvalue weighted by atomic mass is 10.0. The van der Waals surface area contributed by atoms with E-state index in [1.807, 2.05) is 6.92 Å². The number of halogens is 3. The molecule has 0 unspecified atom stereocenters. The van der Waals surface area contributed by atoms with E-state index in [0.717, 1.165) is 24.8 Å². The van der Waals surface area contributed by atoms with Gasteiger partial charge in [-0.15, -0.1) is 6.58 Å². The highest BCUT2D eigenvalue weighted by atomic mass is 35.5. The first-order valence-electron chi connectivity index (χ1n) is 13.9. The van der Waals surface area contributed by atoms with E-state index in [0.29, 0.717) is 47.7 Å². The Hall–Kier alpha value is -3.86. The van der Waals surface area contributed by atoms with Crippen LogP contribution < -0.4 is 22.1 Å². The second-order valence-electron chi connectivity index (χ2n) is 10.4. The highest BCUT2D eigenvalue weighted by Crippen LogP contribution is 2.31. The Balaban J connectivity index is 1.55. The second kappa shape index (κ2) is 13.9. The zero-order valence-corrected chi connectivity index (χ0v) is 24.5. The van der Waals surface area contributed by atoms with Gasteiger partial charge in [0.05, 0.1) is 22.2 Å². The standard InChI is InChI=1S/C31H36ClF2N7O/c1-4-22(36)8-5-7-20-13-25(29(34)26(32)14-20)28-15-21-17-41(31(42)40-30(21)39-28)23-9-10-24(27(33)16-23)18(2)37-11-6-12-38-19(3)35/h4,9-10,13-18,22,37H,1,5-8,11-12,36H2,2-3H3,(H2,35,38)(H,39,40,42)/t18-,22-/m0/s1. The van der Waals surface area contributed by atoms with Gasteiger partial charge in [0.15, 0.2) is 5.82 Å². The Labute approximate surface area is 248 Å². The number of hydrogen-bond donors (Lipinski definition) is 5. The van der Waals surface area contributed by atoms with Crippen molar-refractivity contribution in [3.8, 4) is 16.9 Å². The summed E-state index contributed by atoms with van der Waals surface area (Å²) in [6.07, 6.45) is 6.23. The van der Waals surface area contributed by atoms with Crippen LogP contribution in [-0.4, -0.2) is 39.5 Å². The van der Waals surface area contributed by atoms with Gasteiger partial charge in [-0.05, 0) is 82.0 Å². The number of fused-ring (bicyclic) bond motifs is 1. The molecule has 0 bridgehead atoms. The second-order valence-corrected chi connectivity index (χ2v) is 10.8. The van der Waals surface area contributed by atoms with Crippen molar-refractivity contribution in [1.82, 2.24) is 25.2 Å². The molecule has 0 aliphatic carbocycles. The number of nitrogens with zero attached hydrogens (tertiary/aromatic N) is 2. The van der Waals surface area contributed by atoms with Crippen LogP contribution in [0.3, 0.4) is 0 Å². The number of aromatic nitrogens is 3. The van der Waals surface area contributed by atoms with Crippen LogP contribution in [-0.2, 0) is 6.42 Å². The number of benzene rings is 2. The van der Waals surface area contributed by atoms with Crippen molar-refractivity contribution in [2.24, 2.45) is 5.73 Å². The van der Waals surface area contributed by atoms with Crippen molar-refractivity contribution in [3.05, 3.63) is 93.5 Å². The molecule has 0 amide bonds. The quantitative estimate of drug-likeness (QED) is 0.0580. The maximum absolute atomic E-state index is 15.1. The maximum atomic E-state index is 15.1. The van der Waals surface area contributed by atoms with Crippen LogP contribution >= 0.6 is 11.6 Å². The average molecular weight is 596 g/mol. The van der Waals surface area contributed by atoms with Gasteiger partial charge in [0.1, 0.15) is 11.5 Å². The van der Waals surface area contributed by atoms with Gasteiger partial charge in [0.25, 0.3) is 0 Å². The largest absolute Gasteiger partial charge is 0.374 e. The molecule has 42 heavy (non-hydrogen) atoms. The third kappa shape index (κ3) is 7.50. The van der Waals surface area contributed by atoms with E-state index in [4.69, 9.17) is 22.7 Å². The third-order valence-electron chi connectivity index (χ3n) is 7.11. The maximum Gasteiger partial charge on any atom is 0.354 e. The third-order valence-corrected chi connectivity index (χ3v) is 7.39. The average Bonchev–Trinajstić information content (AvgIpc) is 3.36. The fourth-order valence-electron chi connectivity index (χ4n) is 4.78. The van der Waals surface area contributed by atoms with Crippen molar-refractivity contribution < 1.29 is 8.78 Å². The Morgan fingerprint density at radius 1 is 1.24 bits per heavy atom. The zero-order valence-electron chi connectivity index (χ0n) is 23.7. The minimum atomic E-state index is -0.603. The minimum absolute atomic E-state index is 0.000812. The van der Waals surface area contributed by atoms with Gasteiger partial charge in [-0.1, -0.05) is 23.7 Å². The molecule has 0 saturated carbocycles. The number of aromatic amines is 1. The summed E-state index contributed by atoms with van der Waals surface area (Å²) >= 11 is 6.22. The van der Waals surface area contributed by atoms with E-state index in [9.17, 15) is 4.79 Å². The minimum Gasteiger partial charge on any atom is -0.374 e. The first kappa shape index (κ1) is 31.1. The highest BCUT2D eigenvalue weighted by Gasteiger charge is 2.17. The van der Waals surface area contributed by atoms with Crippen molar-refractivity contribution in [2.45, 2.75) is 51.6 Å². The predicted molar refractivity (Wildman–Crippen MR) is 166 cm³/mol. The van der Waals surface area contributed by atoms with Crippen molar-refractivity contribution >= 4 is 28.5 Å². The number of H-pyrrole nitrogens is 1. The molecule has 2 aromatic heterocycles. The first-order chi connectivity index (χ1) is 20.1. The van der Waals surface area contributed by atoms with Gasteiger partial charge >= 0.3 is 5.69 Å². The Kier molecular flexibility index (Phi) is 10.3. The molecule has 0 fully saturated rings. The summed E-state index contributed by atoms with van der Waals surface area (Å²) in [6.45, 7) is 8.55. The molecule has 0 radical (unpaired) electrons. The van der Waals surface area contributed by atoms with Gasteiger partial charge in [0, 0.05) is 41.3 Å². The van der Waals surface area contributed by atoms with E-state index < -0.39 is 17.3 Å². The van der Waals surface area contributed by atoms with Crippen LogP contribution in [0.2, 0.25) is 5.02 Å². The van der Waals surface area contributed by atoms with E-state index in [1.165, 1.54) is 10.6 Å². The summed E-state index contributed by atoms with van der Waals surface area (Å²) in [6, 6.07) is 9.29. The van der Waals surface area contributed by atoms with Gasteiger partial charge in [-0.3, -0.25) is 9.98 Å². The molecule has 0 spiro atoms. The van der Waals surface area contributed by atoms with Gasteiger partial charge in [0.2, 0.25) is 0 Å². The fraction of sp³-hybridized carbons (Fsp3) is 0.323. The van der Waals surface area contributed by atoms with Crippen LogP contribution in [0.25, 0.3) is 28.0 Å². The number of aryl methyl sites for hydroxylation is 1. The molecule has 0 saturated heterocycles. The summed E-state index contributed by atoms with van der Waals surface area (Å²) in [5, 5.41) is 14.2. The summed E-state index contributed by atoms with van der Waals surface area (Å²) in [4.78, 5) is 20.0. The molecule has 4 aromatic rings. The number of amidine groups is 1. The highest BCUT2D eigenvalue weighted by molar-refractivity contribution is 6.31. The Morgan fingerprint density at radius 3 is 2.74 bits per heavy atom. The first-order valence-corrected chi connectivity index (χ1v) is 14.3. The van der Waals surface area contributed by atoms with Crippen LogP contribution in [0, 0.1) is 17.0 Å². The van der Waals surface area contributed by atoms with Gasteiger partial charge < -0.3 is 21.4 Å². The number of nitrogens with two attached hydrogens (primary N) is 1. The molecule has 2 aromatic carbocycles. The van der Waals surface area contributed by atoms with E-state index in [1.54, 1.807) is 49.5 Å². The SMILES string of the molecule is C=C[C@H](N)CCCc1cc(Cl)c(F)c(-c2cc3cn(-c4ccc([C@H](C)NCCCNC(C)=N)c(F)c4)c(=O)nc3[nH]2)c1. The van der Waals surface area contributed by atoms with E-state index in [-0.39, 0.29) is 28.3 Å². The summed E-state index contributed by atoms with van der Waals surface area (Å²) in [7, 11) is 0. The lowest BCUT2D eigenvalue weighted by Crippen LogP contribution is -2.26. The van der Waals surface area contributed by atoms with Crippen LogP contribution in [0.1, 0.15) is 50.3 Å². The molecule has 0 aliphatic heterocycles. The van der Waals surface area contributed by atoms with E-state index in [2.05, 4.69) is 27.2 Å². The normalized spacial score (nSPS) is 12.8. The molecular formula is C31H36ClF2N7O. The lowest BCUT2D eigenvalue weighted by molar-refractivity contribution is 0.519. The fourth-order valence-corrected chi connectivity index (χ4v) is 5.02. The molecular weight excluding hydrogens is 560 g/mol. The smallest absolute Gasteiger partial charge is 0.354 e. The van der Waals surface area contributed by atoms with Gasteiger partial charge in [-0.25, -0.2) is 13.6 Å². The van der Waals surface area contributed by atoms with E-state index >= 15 is 8.78 Å².